The van der Waals surface area contributed by atoms with Crippen LogP contribution in [-0.4, -0.2) is 24.8 Å². The molecule has 1 saturated heterocycles. The van der Waals surface area contributed by atoms with Crippen molar-refractivity contribution in [1.29, 1.82) is 0 Å². The number of halogens is 6. The molecule has 1 heterocycles. The van der Waals surface area contributed by atoms with Gasteiger partial charge in [-0.25, -0.2) is 0 Å². The van der Waals surface area contributed by atoms with Crippen LogP contribution >= 0.6 is 0 Å². The summed E-state index contributed by atoms with van der Waals surface area (Å²) in [6.07, 6.45) is -9.29. The van der Waals surface area contributed by atoms with Crippen molar-refractivity contribution in [2.45, 2.75) is 38.5 Å². The molecule has 0 bridgehead atoms. The second-order valence-electron chi connectivity index (χ2n) is 9.12. The van der Waals surface area contributed by atoms with Crippen LogP contribution in [0.25, 0.3) is 11.1 Å². The van der Waals surface area contributed by atoms with E-state index in [1.165, 1.54) is 20.0 Å². The summed E-state index contributed by atoms with van der Waals surface area (Å²) in [5.74, 6) is -3.78. The van der Waals surface area contributed by atoms with Crippen molar-refractivity contribution in [3.63, 3.8) is 0 Å². The third kappa shape index (κ3) is 4.46. The molecule has 0 spiro atoms. The Balaban J connectivity index is 1.78. The number of nitrogens with one attached hydrogen (secondary N) is 1. The smallest absolute Gasteiger partial charge is 0.359 e. The molecular weight excluding hydrogens is 490 g/mol. The molecule has 0 aromatic heterocycles. The average Bonchev–Trinajstić information content (AvgIpc) is 3.06. The van der Waals surface area contributed by atoms with Gasteiger partial charge in [-0.2, -0.15) is 26.3 Å². The van der Waals surface area contributed by atoms with E-state index in [4.69, 9.17) is 0 Å². The fourth-order valence-electron chi connectivity index (χ4n) is 5.14. The van der Waals surface area contributed by atoms with Gasteiger partial charge in [0.25, 0.3) is 0 Å². The number of carbonyl (C=O) groups is 3. The fourth-order valence-corrected chi connectivity index (χ4v) is 5.14. The van der Waals surface area contributed by atoms with Crippen molar-refractivity contribution >= 4 is 23.4 Å². The van der Waals surface area contributed by atoms with Crippen molar-refractivity contribution in [2.75, 3.05) is 11.9 Å². The number of anilines is 1. The third-order valence-electron chi connectivity index (χ3n) is 6.88. The molecule has 3 amide bonds. The molecule has 4 rings (SSSR count). The minimum atomic E-state index is -5.07. The molecule has 36 heavy (non-hydrogen) atoms. The number of carbonyl (C=O) groups excluding carboxylic acids is 3. The minimum absolute atomic E-state index is 0.0912. The number of nitrogens with zero attached hydrogens (tertiary/aromatic N) is 1. The Kier molecular flexibility index (Phi) is 6.38. The number of hydrogen-bond acceptors (Lipinski definition) is 3. The van der Waals surface area contributed by atoms with E-state index in [9.17, 15) is 40.7 Å². The summed E-state index contributed by atoms with van der Waals surface area (Å²) >= 11 is 0. The molecule has 1 N–H and O–H groups in total. The summed E-state index contributed by atoms with van der Waals surface area (Å²) in [7, 11) is 1.45. The van der Waals surface area contributed by atoms with Crippen LogP contribution in [0.3, 0.4) is 0 Å². The van der Waals surface area contributed by atoms with Gasteiger partial charge in [-0.3, -0.25) is 19.3 Å². The van der Waals surface area contributed by atoms with Gasteiger partial charge in [0.05, 0.1) is 28.7 Å². The molecule has 1 aliphatic carbocycles. The maximum Gasteiger partial charge on any atom is 0.417 e. The van der Waals surface area contributed by atoms with E-state index < -0.39 is 64.2 Å². The Morgan fingerprint density at radius 3 is 2.00 bits per heavy atom. The largest absolute Gasteiger partial charge is 0.417 e. The van der Waals surface area contributed by atoms with E-state index in [1.54, 1.807) is 0 Å². The van der Waals surface area contributed by atoms with E-state index in [1.807, 2.05) is 0 Å². The van der Waals surface area contributed by atoms with Gasteiger partial charge in [0, 0.05) is 13.0 Å². The Morgan fingerprint density at radius 1 is 0.861 bits per heavy atom. The lowest BCUT2D eigenvalue weighted by molar-refractivity contribution is -0.139. The van der Waals surface area contributed by atoms with Crippen molar-refractivity contribution in [3.05, 3.63) is 53.1 Å². The standard InChI is InChI=1S/C25H22F6N2O3/c1-12-3-6-15(19(9-12)24(26,27)28)16-8-5-14(11-20(16)25(29,30)31)33-22(35)17-7-4-13(21(34)32-2)10-18(17)23(33)36/h3,5-6,8-9,11,13,17-18H,4,7,10H2,1-2H3,(H,32,34). The maximum absolute atomic E-state index is 14.1. The number of fused-ring (bicyclic) bond motifs is 1. The van der Waals surface area contributed by atoms with Crippen LogP contribution in [0, 0.1) is 24.7 Å². The second kappa shape index (κ2) is 8.94. The van der Waals surface area contributed by atoms with E-state index in [0.717, 1.165) is 24.3 Å². The van der Waals surface area contributed by atoms with Gasteiger partial charge in [-0.15, -0.1) is 0 Å². The first-order chi connectivity index (χ1) is 16.7. The van der Waals surface area contributed by atoms with Crippen LogP contribution in [0.15, 0.2) is 36.4 Å². The monoisotopic (exact) mass is 512 g/mol. The van der Waals surface area contributed by atoms with Crippen molar-refractivity contribution in [1.82, 2.24) is 5.32 Å². The maximum atomic E-state index is 14.1. The molecule has 2 fully saturated rings. The van der Waals surface area contributed by atoms with Gasteiger partial charge in [-0.1, -0.05) is 23.8 Å². The van der Waals surface area contributed by atoms with Crippen LogP contribution in [0.5, 0.6) is 0 Å². The van der Waals surface area contributed by atoms with E-state index >= 15 is 0 Å². The molecule has 0 radical (unpaired) electrons. The Morgan fingerprint density at radius 2 is 1.42 bits per heavy atom. The highest BCUT2D eigenvalue weighted by Crippen LogP contribution is 2.46. The number of aryl methyl sites for hydroxylation is 1. The summed E-state index contributed by atoms with van der Waals surface area (Å²) < 4.78 is 83.1. The first kappa shape index (κ1) is 25.7. The van der Waals surface area contributed by atoms with Crippen LogP contribution in [0.4, 0.5) is 32.0 Å². The summed E-state index contributed by atoms with van der Waals surface area (Å²) in [5.41, 5.74) is -4.13. The number of amides is 3. The van der Waals surface area contributed by atoms with Gasteiger partial charge in [0.2, 0.25) is 17.7 Å². The first-order valence-corrected chi connectivity index (χ1v) is 11.2. The van der Waals surface area contributed by atoms with Gasteiger partial charge in [-0.05, 0) is 55.5 Å². The average molecular weight is 512 g/mol. The lowest BCUT2D eigenvalue weighted by Gasteiger charge is -2.27. The number of hydrogen-bond donors (Lipinski definition) is 1. The van der Waals surface area contributed by atoms with Crippen molar-refractivity contribution < 1.29 is 40.7 Å². The quantitative estimate of drug-likeness (QED) is 0.446. The Labute approximate surface area is 202 Å². The zero-order chi connectivity index (χ0) is 26.6. The zero-order valence-corrected chi connectivity index (χ0v) is 19.3. The minimum Gasteiger partial charge on any atom is -0.359 e. The molecule has 2 aromatic rings. The molecule has 192 valence electrons. The number of imide groups is 1. The topological polar surface area (TPSA) is 66.5 Å². The molecule has 3 unspecified atom stereocenters. The van der Waals surface area contributed by atoms with E-state index in [0.29, 0.717) is 17.4 Å². The lowest BCUT2D eigenvalue weighted by Crippen LogP contribution is -2.35. The molecule has 11 heteroatoms. The molecule has 2 aromatic carbocycles. The zero-order valence-electron chi connectivity index (χ0n) is 19.3. The summed E-state index contributed by atoms with van der Waals surface area (Å²) in [5, 5.41) is 2.49. The van der Waals surface area contributed by atoms with Gasteiger partial charge in [0.15, 0.2) is 0 Å². The van der Waals surface area contributed by atoms with Crippen molar-refractivity contribution in [2.24, 2.45) is 17.8 Å². The van der Waals surface area contributed by atoms with Gasteiger partial charge < -0.3 is 5.32 Å². The lowest BCUT2D eigenvalue weighted by atomic mass is 9.75. The number of alkyl halides is 6. The molecule has 2 aliphatic rings. The predicted molar refractivity (Wildman–Crippen MR) is 117 cm³/mol. The molecule has 1 saturated carbocycles. The molecule has 3 atom stereocenters. The van der Waals surface area contributed by atoms with Gasteiger partial charge >= 0.3 is 12.4 Å². The normalized spacial score (nSPS) is 22.6. The van der Waals surface area contributed by atoms with Crippen LogP contribution in [-0.2, 0) is 26.7 Å². The summed E-state index contributed by atoms with van der Waals surface area (Å²) in [6, 6.07) is 5.47. The fraction of sp³-hybridized carbons (Fsp3) is 0.400. The van der Waals surface area contributed by atoms with E-state index in [-0.39, 0.29) is 30.0 Å². The highest BCUT2D eigenvalue weighted by atomic mass is 19.4. The molecular formula is C25H22F6N2O3. The Hall–Kier alpha value is -3.37. The highest BCUT2D eigenvalue weighted by molar-refractivity contribution is 6.22. The van der Waals surface area contributed by atoms with Gasteiger partial charge in [0.1, 0.15) is 0 Å². The van der Waals surface area contributed by atoms with Crippen molar-refractivity contribution in [3.8, 4) is 11.1 Å². The predicted octanol–water partition coefficient (Wildman–Crippen LogP) is 5.35. The highest BCUT2D eigenvalue weighted by Gasteiger charge is 2.52. The number of rotatable bonds is 3. The third-order valence-corrected chi connectivity index (χ3v) is 6.88. The SMILES string of the molecule is CNC(=O)C1CCC2C(=O)N(c3ccc(-c4ccc(C)cc4C(F)(F)F)c(C(F)(F)F)c3)C(=O)C2C1. The van der Waals surface area contributed by atoms with Crippen LogP contribution in [0.1, 0.15) is 36.0 Å². The van der Waals surface area contributed by atoms with Crippen LogP contribution < -0.4 is 10.2 Å². The van der Waals surface area contributed by atoms with Crippen LogP contribution in [0.2, 0.25) is 0 Å². The number of benzene rings is 2. The molecule has 5 nitrogen and oxygen atoms in total. The summed E-state index contributed by atoms with van der Waals surface area (Å²) in [6.45, 7) is 1.39. The first-order valence-electron chi connectivity index (χ1n) is 11.2. The summed E-state index contributed by atoms with van der Waals surface area (Å²) in [4.78, 5) is 38.8. The molecule has 1 aliphatic heterocycles. The Bertz CT molecular complexity index is 1240. The second-order valence-corrected chi connectivity index (χ2v) is 9.12. The van der Waals surface area contributed by atoms with E-state index in [2.05, 4.69) is 5.32 Å².